The minimum atomic E-state index is -0.767. The number of unbranched alkanes of at least 4 members (excludes halogenated alkanes) is 2. The Balaban J connectivity index is 2.48. The number of carboxylic acid groups (broad SMARTS) is 1. The quantitative estimate of drug-likeness (QED) is 0.429. The molecule has 108 valence electrons. The lowest BCUT2D eigenvalue weighted by Crippen LogP contribution is -1.99. The molecule has 20 heavy (non-hydrogen) atoms. The van der Waals surface area contributed by atoms with Crippen molar-refractivity contribution in [2.75, 3.05) is 13.7 Å². The first-order chi connectivity index (χ1) is 9.67. The van der Waals surface area contributed by atoms with Crippen molar-refractivity contribution in [3.05, 3.63) is 18.2 Å². The summed E-state index contributed by atoms with van der Waals surface area (Å²) in [7, 11) is 1.58. The second-order valence-electron chi connectivity index (χ2n) is 4.09. The van der Waals surface area contributed by atoms with Gasteiger partial charge in [0.05, 0.1) is 18.9 Å². The van der Waals surface area contributed by atoms with E-state index in [0.29, 0.717) is 30.2 Å². The van der Waals surface area contributed by atoms with Crippen LogP contribution in [0.4, 0.5) is 5.69 Å². The summed E-state index contributed by atoms with van der Waals surface area (Å²) in [6.45, 7) is 0.493. The maximum atomic E-state index is 10.4. The zero-order valence-electron chi connectivity index (χ0n) is 11.3. The van der Waals surface area contributed by atoms with E-state index in [2.05, 4.69) is 22.4 Å². The molecular weight excluding hydrogens is 278 g/mol. The van der Waals surface area contributed by atoms with Crippen LogP contribution < -0.4 is 9.47 Å². The predicted octanol–water partition coefficient (Wildman–Crippen LogP) is 3.45. The van der Waals surface area contributed by atoms with Crippen molar-refractivity contribution >= 4 is 29.0 Å². The first-order valence-corrected chi connectivity index (χ1v) is 6.68. The third-order valence-corrected chi connectivity index (χ3v) is 2.72. The van der Waals surface area contributed by atoms with Crippen molar-refractivity contribution in [2.45, 2.75) is 25.7 Å². The fourth-order valence-electron chi connectivity index (χ4n) is 1.62. The molecule has 0 saturated heterocycles. The third-order valence-electron chi connectivity index (χ3n) is 2.63. The number of carbonyl (C=O) groups is 1. The Bertz CT molecular complexity index is 498. The van der Waals surface area contributed by atoms with Gasteiger partial charge in [-0.3, -0.25) is 4.79 Å². The van der Waals surface area contributed by atoms with Crippen molar-refractivity contribution in [1.82, 2.24) is 0 Å². The molecule has 1 rings (SSSR count). The molecule has 0 radical (unpaired) electrons. The summed E-state index contributed by atoms with van der Waals surface area (Å²) in [6.07, 6.45) is 2.44. The number of nitrogens with zero attached hydrogens (tertiary/aromatic N) is 1. The number of hydrogen-bond donors (Lipinski definition) is 1. The first-order valence-electron chi connectivity index (χ1n) is 6.28. The molecule has 1 aromatic rings. The number of carboxylic acids is 1. The maximum absolute atomic E-state index is 10.4. The smallest absolute Gasteiger partial charge is 0.303 e. The van der Waals surface area contributed by atoms with Crippen molar-refractivity contribution < 1.29 is 19.4 Å². The van der Waals surface area contributed by atoms with Gasteiger partial charge >= 0.3 is 5.97 Å². The lowest BCUT2D eigenvalue weighted by molar-refractivity contribution is -0.137. The number of ether oxygens (including phenoxy) is 2. The Hall–Kier alpha value is -1.91. The molecule has 0 unspecified atom stereocenters. The number of benzene rings is 1. The van der Waals surface area contributed by atoms with E-state index >= 15 is 0 Å². The number of thiocarbonyl (C=S) groups is 1. The normalized spacial score (nSPS) is 9.65. The Labute approximate surface area is 123 Å². The van der Waals surface area contributed by atoms with Crippen LogP contribution in [0.2, 0.25) is 0 Å². The lowest BCUT2D eigenvalue weighted by Gasteiger charge is -2.09. The summed E-state index contributed by atoms with van der Waals surface area (Å²) in [6, 6.07) is 5.26. The highest BCUT2D eigenvalue weighted by molar-refractivity contribution is 7.78. The predicted molar refractivity (Wildman–Crippen MR) is 79.3 cm³/mol. The van der Waals surface area contributed by atoms with Gasteiger partial charge in [-0.15, -0.1) is 0 Å². The van der Waals surface area contributed by atoms with Gasteiger partial charge in [-0.1, -0.05) is 0 Å². The second-order valence-corrected chi connectivity index (χ2v) is 4.27. The summed E-state index contributed by atoms with van der Waals surface area (Å²) >= 11 is 4.59. The largest absolute Gasteiger partial charge is 0.497 e. The number of isothiocyanates is 1. The fraction of sp³-hybridized carbons (Fsp3) is 0.429. The molecule has 0 heterocycles. The number of hydrogen-bond acceptors (Lipinski definition) is 5. The number of aliphatic carboxylic acids is 1. The van der Waals surface area contributed by atoms with E-state index in [1.165, 1.54) is 0 Å². The van der Waals surface area contributed by atoms with E-state index in [1.807, 2.05) is 0 Å². The first kappa shape index (κ1) is 16.1. The molecule has 0 aliphatic heterocycles. The molecule has 0 spiro atoms. The van der Waals surface area contributed by atoms with Gasteiger partial charge in [0, 0.05) is 12.5 Å². The zero-order valence-corrected chi connectivity index (χ0v) is 12.1. The van der Waals surface area contributed by atoms with Crippen LogP contribution >= 0.6 is 12.2 Å². The second kappa shape index (κ2) is 9.07. The van der Waals surface area contributed by atoms with Crippen LogP contribution in [0.15, 0.2) is 23.2 Å². The van der Waals surface area contributed by atoms with E-state index < -0.39 is 5.97 Å². The van der Waals surface area contributed by atoms with E-state index in [0.717, 1.165) is 12.8 Å². The Morgan fingerprint density at radius 3 is 2.85 bits per heavy atom. The SMILES string of the molecule is COc1ccc(N=C=S)c(OCCCCCC(=O)O)c1. The van der Waals surface area contributed by atoms with Crippen molar-refractivity contribution in [3.63, 3.8) is 0 Å². The zero-order chi connectivity index (χ0) is 14.8. The van der Waals surface area contributed by atoms with Crippen LogP contribution in [0.3, 0.4) is 0 Å². The Kier molecular flexibility index (Phi) is 7.32. The molecule has 0 bridgehead atoms. The highest BCUT2D eigenvalue weighted by Gasteiger charge is 2.05. The topological polar surface area (TPSA) is 68.1 Å². The highest BCUT2D eigenvalue weighted by Crippen LogP contribution is 2.31. The van der Waals surface area contributed by atoms with Gasteiger partial charge in [-0.2, -0.15) is 4.99 Å². The van der Waals surface area contributed by atoms with Crippen LogP contribution in [0.1, 0.15) is 25.7 Å². The van der Waals surface area contributed by atoms with E-state index in [9.17, 15) is 4.79 Å². The molecule has 0 atom stereocenters. The molecule has 0 aromatic heterocycles. The van der Waals surface area contributed by atoms with Gasteiger partial charge in [0.1, 0.15) is 17.2 Å². The molecule has 0 saturated carbocycles. The maximum Gasteiger partial charge on any atom is 0.303 e. The summed E-state index contributed by atoms with van der Waals surface area (Å²) < 4.78 is 10.8. The summed E-state index contributed by atoms with van der Waals surface area (Å²) in [5.41, 5.74) is 0.603. The molecule has 0 fully saturated rings. The minimum absolute atomic E-state index is 0.194. The number of rotatable bonds is 9. The molecule has 1 N–H and O–H groups in total. The van der Waals surface area contributed by atoms with Crippen molar-refractivity contribution in [2.24, 2.45) is 4.99 Å². The Morgan fingerprint density at radius 1 is 1.40 bits per heavy atom. The standard InChI is InChI=1S/C14H17NO4S/c1-18-11-6-7-12(15-10-20)13(9-11)19-8-4-2-3-5-14(16)17/h6-7,9H,2-5,8H2,1H3,(H,16,17). The van der Waals surface area contributed by atoms with Crippen molar-refractivity contribution in [3.8, 4) is 11.5 Å². The minimum Gasteiger partial charge on any atom is -0.497 e. The van der Waals surface area contributed by atoms with Gasteiger partial charge in [0.2, 0.25) is 0 Å². The average molecular weight is 295 g/mol. The molecule has 0 aliphatic carbocycles. The van der Waals surface area contributed by atoms with Gasteiger partial charge < -0.3 is 14.6 Å². The van der Waals surface area contributed by atoms with Gasteiger partial charge in [0.15, 0.2) is 0 Å². The van der Waals surface area contributed by atoms with Crippen LogP contribution in [0, 0.1) is 0 Å². The van der Waals surface area contributed by atoms with Crippen molar-refractivity contribution in [1.29, 1.82) is 0 Å². The summed E-state index contributed by atoms with van der Waals surface area (Å²) in [5.74, 6) is 0.491. The third kappa shape index (κ3) is 5.82. The van der Waals surface area contributed by atoms with E-state index in [1.54, 1.807) is 25.3 Å². The van der Waals surface area contributed by atoms with Crippen LogP contribution in [-0.4, -0.2) is 30.0 Å². The molecular formula is C14H17NO4S. The van der Waals surface area contributed by atoms with Gasteiger partial charge in [-0.05, 0) is 43.6 Å². The Morgan fingerprint density at radius 2 is 2.20 bits per heavy atom. The summed E-state index contributed by atoms with van der Waals surface area (Å²) in [4.78, 5) is 14.3. The summed E-state index contributed by atoms with van der Waals surface area (Å²) in [5, 5.41) is 10.8. The molecule has 5 nitrogen and oxygen atoms in total. The molecule has 0 aliphatic rings. The number of aliphatic imine (C=N–C) groups is 1. The average Bonchev–Trinajstić information content (AvgIpc) is 2.44. The molecule has 6 heteroatoms. The van der Waals surface area contributed by atoms with Crippen LogP contribution in [0.25, 0.3) is 0 Å². The fourth-order valence-corrected chi connectivity index (χ4v) is 1.71. The molecule has 0 amide bonds. The van der Waals surface area contributed by atoms with Crippen LogP contribution in [-0.2, 0) is 4.79 Å². The molecule has 1 aromatic carbocycles. The van der Waals surface area contributed by atoms with Gasteiger partial charge in [0.25, 0.3) is 0 Å². The van der Waals surface area contributed by atoms with Gasteiger partial charge in [-0.25, -0.2) is 0 Å². The number of methoxy groups -OCH3 is 1. The van der Waals surface area contributed by atoms with E-state index in [4.69, 9.17) is 14.6 Å². The highest BCUT2D eigenvalue weighted by atomic mass is 32.1. The monoisotopic (exact) mass is 295 g/mol. The van der Waals surface area contributed by atoms with E-state index in [-0.39, 0.29) is 6.42 Å². The van der Waals surface area contributed by atoms with Crippen LogP contribution in [0.5, 0.6) is 11.5 Å². The lowest BCUT2D eigenvalue weighted by atomic mass is 10.2.